The Hall–Kier alpha value is -2.90. The zero-order valence-corrected chi connectivity index (χ0v) is 40.3. The van der Waals surface area contributed by atoms with Crippen LogP contribution in [0.1, 0.15) is 62.7 Å². The second kappa shape index (κ2) is 28.2. The second-order valence-corrected chi connectivity index (χ2v) is 16.9. The van der Waals surface area contributed by atoms with Gasteiger partial charge < -0.3 is 49.2 Å². The molecule has 2 aliphatic heterocycles. The number of nitriles is 1. The number of halogens is 2. The summed E-state index contributed by atoms with van der Waals surface area (Å²) in [7, 11) is 9.47. The van der Waals surface area contributed by atoms with Crippen molar-refractivity contribution < 1.29 is 76.7 Å². The van der Waals surface area contributed by atoms with Crippen molar-refractivity contribution in [2.75, 3.05) is 26.2 Å². The fourth-order valence-electron chi connectivity index (χ4n) is 8.57. The third-order valence-corrected chi connectivity index (χ3v) is 12.2. The van der Waals surface area contributed by atoms with Crippen LogP contribution in [0.25, 0.3) is 44.3 Å². The van der Waals surface area contributed by atoms with E-state index in [2.05, 4.69) is 85.7 Å². The molecule has 0 spiro atoms. The van der Waals surface area contributed by atoms with Crippen LogP contribution in [0.2, 0.25) is 0 Å². The summed E-state index contributed by atoms with van der Waals surface area (Å²) in [4.78, 5) is 15.3. The number of rotatable bonds is 5. The van der Waals surface area contributed by atoms with Crippen LogP contribution in [0.4, 0.5) is 0 Å². The molecule has 6 aromatic rings. The van der Waals surface area contributed by atoms with E-state index in [0.717, 1.165) is 86.4 Å². The summed E-state index contributed by atoms with van der Waals surface area (Å²) in [5.74, 6) is 2.47. The van der Waals surface area contributed by atoms with Gasteiger partial charge in [-0.25, -0.2) is 9.97 Å². The molecule has 0 atom stereocenters. The first-order valence-electron chi connectivity index (χ1n) is 19.6. The van der Waals surface area contributed by atoms with Crippen molar-refractivity contribution in [3.8, 4) is 28.3 Å². The Morgan fingerprint density at radius 1 is 0.603 bits per heavy atom. The number of benzene rings is 4. The van der Waals surface area contributed by atoms with Crippen molar-refractivity contribution in [1.82, 2.24) is 28.9 Å². The smallest absolute Gasteiger partial charge is 1.00 e. The molecule has 14 N–H and O–H groups in total. The van der Waals surface area contributed by atoms with Crippen LogP contribution in [0.15, 0.2) is 84.9 Å². The molecule has 0 saturated heterocycles. The van der Waals surface area contributed by atoms with Gasteiger partial charge in [0, 0.05) is 79.2 Å². The summed E-state index contributed by atoms with van der Waals surface area (Å²) in [6.45, 7) is 7.28. The topological polar surface area (TPSA) is 281 Å². The number of hydrogen-bond acceptors (Lipinski definition) is 6. The molecule has 63 heavy (non-hydrogen) atoms. The molecule has 2 saturated carbocycles. The van der Waals surface area contributed by atoms with E-state index in [1.807, 2.05) is 24.3 Å². The van der Waals surface area contributed by atoms with Gasteiger partial charge in [0.05, 0.1) is 33.7 Å². The third kappa shape index (κ3) is 13.6. The number of hydrogen-bond donors (Lipinski definition) is 1. The van der Waals surface area contributed by atoms with Gasteiger partial charge in [0.1, 0.15) is 11.6 Å². The Morgan fingerprint density at radius 2 is 0.984 bits per heavy atom. The van der Waals surface area contributed by atoms with Gasteiger partial charge >= 0.3 is 62.7 Å². The van der Waals surface area contributed by atoms with Crippen molar-refractivity contribution in [2.24, 2.45) is 5.73 Å². The molecule has 0 amide bonds. The molecule has 2 aromatic heterocycles. The van der Waals surface area contributed by atoms with Crippen LogP contribution >= 0.6 is 20.3 Å². The molecule has 14 nitrogen and oxygen atoms in total. The Morgan fingerprint density at radius 3 is 1.33 bits per heavy atom. The Balaban J connectivity index is 0. The predicted molar refractivity (Wildman–Crippen MR) is 249 cm³/mol. The van der Waals surface area contributed by atoms with Crippen LogP contribution in [-0.2, 0) is 45.4 Å². The zero-order valence-electron chi connectivity index (χ0n) is 36.7. The average molecular weight is 962 g/mol. The van der Waals surface area contributed by atoms with Crippen LogP contribution < -0.4 is 35.3 Å². The maximum atomic E-state index is 8.96. The first-order valence-corrected chi connectivity index (χ1v) is 22.5. The van der Waals surface area contributed by atoms with Gasteiger partial charge in [0.25, 0.3) is 0 Å². The summed E-state index contributed by atoms with van der Waals surface area (Å²) < 4.78 is 4.85. The summed E-state index contributed by atoms with van der Waals surface area (Å²) in [6, 6.07) is 33.4. The number of nitrogens with two attached hydrogens (primary N) is 1. The first-order chi connectivity index (χ1) is 27.0. The minimum absolute atomic E-state index is 0. The molecule has 2 aliphatic carbocycles. The van der Waals surface area contributed by atoms with Gasteiger partial charge in [-0.1, -0.05) is 61.4 Å². The summed E-state index contributed by atoms with van der Waals surface area (Å²) in [6.07, 6.45) is 10.4. The summed E-state index contributed by atoms with van der Waals surface area (Å²) >= 11 is 0.382. The molecule has 19 heteroatoms. The number of imidazole rings is 2. The van der Waals surface area contributed by atoms with Gasteiger partial charge in [-0.15, -0.1) is 0 Å². The van der Waals surface area contributed by atoms with E-state index in [-0.39, 0.29) is 72.3 Å². The van der Waals surface area contributed by atoms with E-state index < -0.39 is 0 Å². The molecule has 340 valence electrons. The SMILES string of the molecule is N#Cc1ccc(-c2ccc3c(c2)nc2n3CCN(C3CCC3)CC2)cc1.NCc1ccc(-c2ccc3c(c2)nc2n3CCN(C3CCC3)CC2)cc1.O.O.O.O.O.O.[B].[Cl][Co][Cl].[H-].[Na+]. The predicted octanol–water partition coefficient (Wildman–Crippen LogP) is 0.722. The molecule has 0 unspecified atom stereocenters. The normalized spacial score (nSPS) is 15.5. The van der Waals surface area contributed by atoms with Crippen LogP contribution in [0.3, 0.4) is 0 Å². The van der Waals surface area contributed by atoms with Gasteiger partial charge in [0.2, 0.25) is 0 Å². The molecule has 4 aliphatic rings. The fraction of sp³-hybridized carbons (Fsp3) is 0.386. The fourth-order valence-corrected chi connectivity index (χ4v) is 8.57. The van der Waals surface area contributed by atoms with E-state index in [1.54, 1.807) is 0 Å². The van der Waals surface area contributed by atoms with Crippen molar-refractivity contribution in [2.45, 2.75) is 83.1 Å². The van der Waals surface area contributed by atoms with Crippen molar-refractivity contribution in [1.29, 1.82) is 5.26 Å². The quantitative estimate of drug-likeness (QED) is 0.243. The number of nitrogens with zero attached hydrogens (tertiary/aromatic N) is 7. The minimum atomic E-state index is 0. The van der Waals surface area contributed by atoms with E-state index >= 15 is 0 Å². The Labute approximate surface area is 409 Å². The maximum Gasteiger partial charge on any atom is 1.00 e. The van der Waals surface area contributed by atoms with E-state index in [1.165, 1.54) is 77.9 Å². The van der Waals surface area contributed by atoms with Crippen LogP contribution in [-0.4, -0.2) is 108 Å². The summed E-state index contributed by atoms with van der Waals surface area (Å²) in [5, 5.41) is 8.96. The first kappa shape index (κ1) is 60.1. The van der Waals surface area contributed by atoms with Gasteiger partial charge in [-0.2, -0.15) is 5.26 Å². The van der Waals surface area contributed by atoms with Crippen molar-refractivity contribution in [3.63, 3.8) is 0 Å². The maximum absolute atomic E-state index is 8.96. The van der Waals surface area contributed by atoms with Gasteiger partial charge in [-0.3, -0.25) is 9.80 Å². The van der Waals surface area contributed by atoms with E-state index in [4.69, 9.17) is 41.3 Å². The van der Waals surface area contributed by atoms with E-state index in [0.29, 0.717) is 25.0 Å². The number of fused-ring (bicyclic) bond motifs is 6. The third-order valence-electron chi connectivity index (χ3n) is 12.2. The largest absolute Gasteiger partial charge is 1.00 e. The number of aromatic nitrogens is 4. The monoisotopic (exact) mass is 960 g/mol. The molecule has 4 aromatic carbocycles. The van der Waals surface area contributed by atoms with E-state index in [9.17, 15) is 0 Å². The molecular formula is C44H61BCl2CoN8NaO6. The molecule has 4 heterocycles. The van der Waals surface area contributed by atoms with Crippen LogP contribution in [0.5, 0.6) is 0 Å². The zero-order chi connectivity index (χ0) is 37.7. The molecular weight excluding hydrogens is 900 g/mol. The minimum Gasteiger partial charge on any atom is -1.00 e. The summed E-state index contributed by atoms with van der Waals surface area (Å²) in [5.41, 5.74) is 17.0. The molecule has 2 fully saturated rings. The van der Waals surface area contributed by atoms with Gasteiger partial charge in [0.15, 0.2) is 0 Å². The standard InChI is InChI=1S/C22H26N4.C22H22N4.B.2ClH.Co.Na.6H2O.H/c2*23-15-16-4-6-17(7-5-16)18-8-9-21-20(14-18)24-22-10-11-25(12-13-26(21)22)19-2-1-3-19;;;;;;;;;;;;/h4-9,14,19H,1-3,10-13,15,23H2;4-9,14,19H,1-3,10-13H2;;2*1H;;;6*1H2;/q;;;;;+2;+1;;;;;;;-1/p-2. The van der Waals surface area contributed by atoms with Gasteiger partial charge in [-0.05, 0) is 89.9 Å². The average Bonchev–Trinajstić information content (AvgIpc) is 3.55. The second-order valence-electron chi connectivity index (χ2n) is 15.1. The molecule has 10 rings (SSSR count). The Kier molecular flexibility index (Phi) is 26.9. The van der Waals surface area contributed by atoms with Crippen molar-refractivity contribution >= 4 is 50.8 Å². The Bertz CT molecular complexity index is 2320. The van der Waals surface area contributed by atoms with Crippen LogP contribution in [0, 0.1) is 11.3 Å². The molecule has 0 bridgehead atoms. The van der Waals surface area contributed by atoms with Crippen molar-refractivity contribution in [3.05, 3.63) is 108 Å². The molecule has 3 radical (unpaired) electrons.